The summed E-state index contributed by atoms with van der Waals surface area (Å²) in [7, 11) is 1.77. The summed E-state index contributed by atoms with van der Waals surface area (Å²) in [6.07, 6.45) is 0. The average molecular weight is 250 g/mol. The molecule has 0 aliphatic rings. The largest absolute Gasteiger partial charge is 0.484 e. The van der Waals surface area contributed by atoms with Crippen molar-refractivity contribution in [2.75, 3.05) is 13.7 Å². The Morgan fingerprint density at radius 3 is 2.28 bits per heavy atom. The molecule has 100 valence electrons. The molecular formula is C14H22N2O2. The maximum atomic E-state index is 11.7. The quantitative estimate of drug-likeness (QED) is 0.869. The average Bonchev–Trinajstić information content (AvgIpc) is 2.35. The van der Waals surface area contributed by atoms with Gasteiger partial charge in [-0.2, -0.15) is 0 Å². The Kier molecular flexibility index (Phi) is 5.16. The highest BCUT2D eigenvalue weighted by atomic mass is 16.5. The zero-order chi connectivity index (χ0) is 13.7. The SMILES string of the molecule is CC(N)c1ccc(OCC(=O)N(C)C(C)C)cc1. The Morgan fingerprint density at radius 1 is 1.28 bits per heavy atom. The van der Waals surface area contributed by atoms with E-state index in [-0.39, 0.29) is 24.6 Å². The molecule has 0 spiro atoms. The van der Waals surface area contributed by atoms with Crippen molar-refractivity contribution in [3.63, 3.8) is 0 Å². The van der Waals surface area contributed by atoms with E-state index in [9.17, 15) is 4.79 Å². The van der Waals surface area contributed by atoms with Crippen LogP contribution in [-0.4, -0.2) is 30.5 Å². The molecule has 1 rings (SSSR count). The lowest BCUT2D eigenvalue weighted by molar-refractivity contribution is -0.133. The third kappa shape index (κ3) is 4.04. The summed E-state index contributed by atoms with van der Waals surface area (Å²) < 4.78 is 5.44. The fraction of sp³-hybridized carbons (Fsp3) is 0.500. The number of ether oxygens (including phenoxy) is 1. The van der Waals surface area contributed by atoms with Gasteiger partial charge in [-0.05, 0) is 38.5 Å². The Morgan fingerprint density at radius 2 is 1.83 bits per heavy atom. The van der Waals surface area contributed by atoms with Gasteiger partial charge in [0, 0.05) is 19.1 Å². The fourth-order valence-corrected chi connectivity index (χ4v) is 1.40. The molecule has 18 heavy (non-hydrogen) atoms. The second-order valence-electron chi connectivity index (χ2n) is 4.74. The van der Waals surface area contributed by atoms with Crippen molar-refractivity contribution in [3.8, 4) is 5.75 Å². The first-order chi connectivity index (χ1) is 8.41. The van der Waals surface area contributed by atoms with Gasteiger partial charge in [-0.25, -0.2) is 0 Å². The molecule has 4 heteroatoms. The molecule has 0 saturated carbocycles. The summed E-state index contributed by atoms with van der Waals surface area (Å²) in [6.45, 7) is 5.92. The minimum atomic E-state index is -0.0266. The van der Waals surface area contributed by atoms with Crippen LogP contribution in [0.25, 0.3) is 0 Å². The van der Waals surface area contributed by atoms with Gasteiger partial charge in [-0.3, -0.25) is 4.79 Å². The first-order valence-corrected chi connectivity index (χ1v) is 6.15. The number of hydrogen-bond donors (Lipinski definition) is 1. The van der Waals surface area contributed by atoms with Crippen molar-refractivity contribution in [1.82, 2.24) is 4.90 Å². The van der Waals surface area contributed by atoms with E-state index in [4.69, 9.17) is 10.5 Å². The smallest absolute Gasteiger partial charge is 0.260 e. The highest BCUT2D eigenvalue weighted by Gasteiger charge is 2.12. The third-order valence-corrected chi connectivity index (χ3v) is 2.94. The second kappa shape index (κ2) is 6.40. The Hall–Kier alpha value is -1.55. The van der Waals surface area contributed by atoms with Crippen LogP contribution in [0.4, 0.5) is 0 Å². The molecule has 2 N–H and O–H groups in total. The van der Waals surface area contributed by atoms with Gasteiger partial charge in [0.2, 0.25) is 0 Å². The lowest BCUT2D eigenvalue weighted by Crippen LogP contribution is -2.36. The normalized spacial score (nSPS) is 12.3. The molecule has 0 heterocycles. The van der Waals surface area contributed by atoms with Gasteiger partial charge >= 0.3 is 0 Å². The van der Waals surface area contributed by atoms with E-state index in [1.54, 1.807) is 11.9 Å². The van der Waals surface area contributed by atoms with Crippen LogP contribution in [-0.2, 0) is 4.79 Å². The number of carbonyl (C=O) groups is 1. The highest BCUT2D eigenvalue weighted by Crippen LogP contribution is 2.16. The summed E-state index contributed by atoms with van der Waals surface area (Å²) in [4.78, 5) is 13.4. The molecule has 0 bridgehead atoms. The first kappa shape index (κ1) is 14.5. The summed E-state index contributed by atoms with van der Waals surface area (Å²) >= 11 is 0. The number of carbonyl (C=O) groups excluding carboxylic acids is 1. The van der Waals surface area contributed by atoms with Gasteiger partial charge in [-0.1, -0.05) is 12.1 Å². The number of hydrogen-bond acceptors (Lipinski definition) is 3. The highest BCUT2D eigenvalue weighted by molar-refractivity contribution is 5.77. The molecule has 0 saturated heterocycles. The standard InChI is InChI=1S/C14H22N2O2/c1-10(2)16(4)14(17)9-18-13-7-5-12(6-8-13)11(3)15/h5-8,10-11H,9,15H2,1-4H3. The second-order valence-corrected chi connectivity index (χ2v) is 4.74. The predicted octanol–water partition coefficient (Wildman–Crippen LogP) is 1.95. The summed E-state index contributed by atoms with van der Waals surface area (Å²) in [5.41, 5.74) is 6.81. The van der Waals surface area contributed by atoms with E-state index in [0.717, 1.165) is 5.56 Å². The summed E-state index contributed by atoms with van der Waals surface area (Å²) in [5.74, 6) is 0.658. The van der Waals surface area contributed by atoms with E-state index in [0.29, 0.717) is 5.75 Å². The number of nitrogens with zero attached hydrogens (tertiary/aromatic N) is 1. The Balaban J connectivity index is 2.51. The summed E-state index contributed by atoms with van der Waals surface area (Å²) in [5, 5.41) is 0. The summed E-state index contributed by atoms with van der Waals surface area (Å²) in [6, 6.07) is 7.69. The number of nitrogens with two attached hydrogens (primary N) is 1. The number of benzene rings is 1. The molecule has 1 aromatic carbocycles. The molecular weight excluding hydrogens is 228 g/mol. The number of likely N-dealkylation sites (N-methyl/N-ethyl adjacent to an activating group) is 1. The van der Waals surface area contributed by atoms with Crippen molar-refractivity contribution in [2.45, 2.75) is 32.9 Å². The molecule has 0 fully saturated rings. The van der Waals surface area contributed by atoms with Crippen molar-refractivity contribution in [1.29, 1.82) is 0 Å². The van der Waals surface area contributed by atoms with E-state index in [1.807, 2.05) is 45.0 Å². The number of rotatable bonds is 5. The van der Waals surface area contributed by atoms with E-state index < -0.39 is 0 Å². The lowest BCUT2D eigenvalue weighted by Gasteiger charge is -2.21. The molecule has 0 radical (unpaired) electrons. The maximum absolute atomic E-state index is 11.7. The van der Waals surface area contributed by atoms with Crippen LogP contribution >= 0.6 is 0 Å². The van der Waals surface area contributed by atoms with Gasteiger partial charge in [0.05, 0.1) is 0 Å². The van der Waals surface area contributed by atoms with E-state index >= 15 is 0 Å². The van der Waals surface area contributed by atoms with Crippen molar-refractivity contribution in [3.05, 3.63) is 29.8 Å². The van der Waals surface area contributed by atoms with Crippen LogP contribution in [0.15, 0.2) is 24.3 Å². The predicted molar refractivity (Wildman–Crippen MR) is 72.4 cm³/mol. The van der Waals surface area contributed by atoms with Gasteiger partial charge < -0.3 is 15.4 Å². The Bertz CT molecular complexity index is 385. The molecule has 1 unspecified atom stereocenters. The van der Waals surface area contributed by atoms with Gasteiger partial charge in [0.1, 0.15) is 5.75 Å². The fourth-order valence-electron chi connectivity index (χ4n) is 1.40. The van der Waals surface area contributed by atoms with Crippen LogP contribution in [0.2, 0.25) is 0 Å². The van der Waals surface area contributed by atoms with Crippen molar-refractivity contribution in [2.24, 2.45) is 5.73 Å². The zero-order valence-electron chi connectivity index (χ0n) is 11.5. The maximum Gasteiger partial charge on any atom is 0.260 e. The van der Waals surface area contributed by atoms with Crippen LogP contribution in [0.3, 0.4) is 0 Å². The molecule has 1 amide bonds. The van der Waals surface area contributed by atoms with Crippen LogP contribution in [0.1, 0.15) is 32.4 Å². The van der Waals surface area contributed by atoms with Crippen LogP contribution < -0.4 is 10.5 Å². The van der Waals surface area contributed by atoms with Crippen molar-refractivity contribution < 1.29 is 9.53 Å². The molecule has 1 atom stereocenters. The van der Waals surface area contributed by atoms with E-state index in [2.05, 4.69) is 0 Å². The molecule has 0 aromatic heterocycles. The molecule has 0 aliphatic heterocycles. The van der Waals surface area contributed by atoms with Crippen molar-refractivity contribution >= 4 is 5.91 Å². The zero-order valence-corrected chi connectivity index (χ0v) is 11.5. The van der Waals surface area contributed by atoms with Crippen LogP contribution in [0.5, 0.6) is 5.75 Å². The Labute approximate surface area is 109 Å². The van der Waals surface area contributed by atoms with Gasteiger partial charge in [-0.15, -0.1) is 0 Å². The minimum absolute atomic E-state index is 0.00718. The molecule has 1 aromatic rings. The monoisotopic (exact) mass is 250 g/mol. The van der Waals surface area contributed by atoms with Gasteiger partial charge in [0.15, 0.2) is 6.61 Å². The number of amides is 1. The van der Waals surface area contributed by atoms with E-state index in [1.165, 1.54) is 0 Å². The third-order valence-electron chi connectivity index (χ3n) is 2.94. The van der Waals surface area contributed by atoms with Gasteiger partial charge in [0.25, 0.3) is 5.91 Å². The lowest BCUT2D eigenvalue weighted by atomic mass is 10.1. The first-order valence-electron chi connectivity index (χ1n) is 6.15. The topological polar surface area (TPSA) is 55.6 Å². The van der Waals surface area contributed by atoms with Crippen LogP contribution in [0, 0.1) is 0 Å². The molecule has 0 aliphatic carbocycles. The minimum Gasteiger partial charge on any atom is -0.484 e. The molecule has 4 nitrogen and oxygen atoms in total.